The molecule has 1 atom stereocenters. The van der Waals surface area contributed by atoms with Crippen molar-refractivity contribution in [3.05, 3.63) is 0 Å². The fraction of sp³-hybridized carbons (Fsp3) is 0.917. The standard InChI is InChI=1S/C12H21NO3/c14-7-3-10-1-5-13(6-2-10)12(15)11-4-8-16-9-11/h10-11,14H,1-9H2/t11-/m1/s1. The van der Waals surface area contributed by atoms with Crippen LogP contribution in [-0.2, 0) is 9.53 Å². The van der Waals surface area contributed by atoms with E-state index in [4.69, 9.17) is 9.84 Å². The van der Waals surface area contributed by atoms with E-state index in [9.17, 15) is 4.79 Å². The van der Waals surface area contributed by atoms with Gasteiger partial charge in [0.25, 0.3) is 0 Å². The summed E-state index contributed by atoms with van der Waals surface area (Å²) in [4.78, 5) is 14.0. The van der Waals surface area contributed by atoms with Gasteiger partial charge in [0.1, 0.15) is 0 Å². The number of hydrogen-bond acceptors (Lipinski definition) is 3. The molecule has 4 heteroatoms. The van der Waals surface area contributed by atoms with Crippen molar-refractivity contribution in [2.45, 2.75) is 25.7 Å². The second-order valence-electron chi connectivity index (χ2n) is 4.84. The zero-order chi connectivity index (χ0) is 11.4. The van der Waals surface area contributed by atoms with Crippen LogP contribution >= 0.6 is 0 Å². The largest absolute Gasteiger partial charge is 0.396 e. The summed E-state index contributed by atoms with van der Waals surface area (Å²) in [5.74, 6) is 0.989. The highest BCUT2D eigenvalue weighted by molar-refractivity contribution is 5.79. The maximum atomic E-state index is 12.1. The van der Waals surface area contributed by atoms with Crippen LogP contribution < -0.4 is 0 Å². The van der Waals surface area contributed by atoms with Crippen molar-refractivity contribution in [3.8, 4) is 0 Å². The molecule has 2 rings (SSSR count). The van der Waals surface area contributed by atoms with E-state index < -0.39 is 0 Å². The molecule has 2 aliphatic heterocycles. The molecule has 4 nitrogen and oxygen atoms in total. The highest BCUT2D eigenvalue weighted by Crippen LogP contribution is 2.23. The molecule has 92 valence electrons. The minimum Gasteiger partial charge on any atom is -0.396 e. The Balaban J connectivity index is 1.77. The lowest BCUT2D eigenvalue weighted by Crippen LogP contribution is -2.42. The van der Waals surface area contributed by atoms with Crippen LogP contribution in [0.25, 0.3) is 0 Å². The van der Waals surface area contributed by atoms with Gasteiger partial charge in [-0.05, 0) is 31.6 Å². The average molecular weight is 227 g/mol. The van der Waals surface area contributed by atoms with Gasteiger partial charge in [-0.1, -0.05) is 0 Å². The summed E-state index contributed by atoms with van der Waals surface area (Å²) in [7, 11) is 0. The van der Waals surface area contributed by atoms with Crippen molar-refractivity contribution >= 4 is 5.91 Å². The fourth-order valence-corrected chi connectivity index (χ4v) is 2.61. The Labute approximate surface area is 96.6 Å². The van der Waals surface area contributed by atoms with Crippen LogP contribution in [-0.4, -0.2) is 48.8 Å². The predicted octanol–water partition coefficient (Wildman–Crippen LogP) is 0.644. The van der Waals surface area contributed by atoms with Crippen LogP contribution in [0.3, 0.4) is 0 Å². The maximum Gasteiger partial charge on any atom is 0.228 e. The zero-order valence-corrected chi connectivity index (χ0v) is 9.73. The van der Waals surface area contributed by atoms with E-state index in [-0.39, 0.29) is 18.4 Å². The number of ether oxygens (including phenoxy) is 1. The summed E-state index contributed by atoms with van der Waals surface area (Å²) < 4.78 is 5.25. The Kier molecular flexibility index (Phi) is 4.18. The lowest BCUT2D eigenvalue weighted by atomic mass is 9.93. The number of amides is 1. The van der Waals surface area contributed by atoms with E-state index in [1.807, 2.05) is 4.90 Å². The molecule has 0 radical (unpaired) electrons. The highest BCUT2D eigenvalue weighted by Gasteiger charge is 2.30. The predicted molar refractivity (Wildman–Crippen MR) is 59.9 cm³/mol. The lowest BCUT2D eigenvalue weighted by molar-refractivity contribution is -0.136. The van der Waals surface area contributed by atoms with E-state index in [0.29, 0.717) is 12.5 Å². The van der Waals surface area contributed by atoms with Crippen molar-refractivity contribution in [2.24, 2.45) is 11.8 Å². The average Bonchev–Trinajstić information content (AvgIpc) is 2.83. The van der Waals surface area contributed by atoms with Crippen molar-refractivity contribution < 1.29 is 14.6 Å². The Hall–Kier alpha value is -0.610. The quantitative estimate of drug-likeness (QED) is 0.770. The number of carbonyl (C=O) groups excluding carboxylic acids is 1. The minimum absolute atomic E-state index is 0.106. The molecule has 0 aromatic rings. The van der Waals surface area contributed by atoms with Gasteiger partial charge in [0.2, 0.25) is 5.91 Å². The van der Waals surface area contributed by atoms with Gasteiger partial charge < -0.3 is 14.7 Å². The lowest BCUT2D eigenvalue weighted by Gasteiger charge is -2.33. The first-order chi connectivity index (χ1) is 7.81. The van der Waals surface area contributed by atoms with E-state index in [2.05, 4.69) is 0 Å². The van der Waals surface area contributed by atoms with Gasteiger partial charge in [0.15, 0.2) is 0 Å². The van der Waals surface area contributed by atoms with Gasteiger partial charge in [-0.2, -0.15) is 0 Å². The molecule has 0 unspecified atom stereocenters. The summed E-state index contributed by atoms with van der Waals surface area (Å²) in [5, 5.41) is 8.87. The molecule has 0 aromatic carbocycles. The van der Waals surface area contributed by atoms with Crippen LogP contribution in [0.4, 0.5) is 0 Å². The summed E-state index contributed by atoms with van der Waals surface area (Å²) >= 11 is 0. The minimum atomic E-state index is 0.106. The number of hydrogen-bond donors (Lipinski definition) is 1. The molecule has 0 saturated carbocycles. The van der Waals surface area contributed by atoms with Crippen LogP contribution in [0.1, 0.15) is 25.7 Å². The summed E-state index contributed by atoms with van der Waals surface area (Å²) in [6.07, 6.45) is 3.85. The van der Waals surface area contributed by atoms with E-state index in [0.717, 1.165) is 45.4 Å². The maximum absolute atomic E-state index is 12.1. The summed E-state index contributed by atoms with van der Waals surface area (Å²) in [5.41, 5.74) is 0. The molecule has 16 heavy (non-hydrogen) atoms. The molecule has 0 bridgehead atoms. The first-order valence-corrected chi connectivity index (χ1v) is 6.28. The number of rotatable bonds is 3. The van der Waals surface area contributed by atoms with E-state index >= 15 is 0 Å². The number of piperidine rings is 1. The second kappa shape index (κ2) is 5.64. The molecule has 2 aliphatic rings. The molecule has 0 aromatic heterocycles. The SMILES string of the molecule is O=C([C@@H]1CCOC1)N1CCC(CCO)CC1. The molecule has 1 amide bonds. The van der Waals surface area contributed by atoms with Gasteiger partial charge >= 0.3 is 0 Å². The molecule has 2 heterocycles. The van der Waals surface area contributed by atoms with E-state index in [1.165, 1.54) is 0 Å². The third kappa shape index (κ3) is 2.74. The molecular formula is C12H21NO3. The molecule has 2 fully saturated rings. The molecule has 0 spiro atoms. The zero-order valence-electron chi connectivity index (χ0n) is 9.73. The third-order valence-corrected chi connectivity index (χ3v) is 3.74. The van der Waals surface area contributed by atoms with Gasteiger partial charge in [-0.3, -0.25) is 4.79 Å². The smallest absolute Gasteiger partial charge is 0.228 e. The molecular weight excluding hydrogens is 206 g/mol. The van der Waals surface area contributed by atoms with E-state index in [1.54, 1.807) is 0 Å². The second-order valence-corrected chi connectivity index (χ2v) is 4.84. The first-order valence-electron chi connectivity index (χ1n) is 6.28. The van der Waals surface area contributed by atoms with Crippen LogP contribution in [0.15, 0.2) is 0 Å². The Morgan fingerprint density at radius 3 is 2.62 bits per heavy atom. The normalized spacial score (nSPS) is 27.3. The van der Waals surface area contributed by atoms with Gasteiger partial charge in [-0.25, -0.2) is 0 Å². The number of likely N-dealkylation sites (tertiary alicyclic amines) is 1. The number of aliphatic hydroxyl groups excluding tert-OH is 1. The summed E-state index contributed by atoms with van der Waals surface area (Å²) in [6.45, 7) is 3.34. The van der Waals surface area contributed by atoms with Crippen LogP contribution in [0, 0.1) is 11.8 Å². The fourth-order valence-electron chi connectivity index (χ4n) is 2.61. The summed E-state index contributed by atoms with van der Waals surface area (Å²) in [6, 6.07) is 0. The van der Waals surface area contributed by atoms with Crippen LogP contribution in [0.2, 0.25) is 0 Å². The monoisotopic (exact) mass is 227 g/mol. The Bertz CT molecular complexity index is 230. The molecule has 1 N–H and O–H groups in total. The van der Waals surface area contributed by atoms with Crippen LogP contribution in [0.5, 0.6) is 0 Å². The number of carbonyl (C=O) groups is 1. The highest BCUT2D eigenvalue weighted by atomic mass is 16.5. The number of nitrogens with zero attached hydrogens (tertiary/aromatic N) is 1. The van der Waals surface area contributed by atoms with Crippen molar-refractivity contribution in [2.75, 3.05) is 32.9 Å². The Morgan fingerprint density at radius 2 is 2.06 bits per heavy atom. The van der Waals surface area contributed by atoms with Gasteiger partial charge in [0, 0.05) is 26.3 Å². The first kappa shape index (κ1) is 11.9. The number of aliphatic hydroxyl groups is 1. The van der Waals surface area contributed by atoms with Crippen molar-refractivity contribution in [1.82, 2.24) is 4.90 Å². The van der Waals surface area contributed by atoms with Crippen molar-refractivity contribution in [3.63, 3.8) is 0 Å². The Morgan fingerprint density at radius 1 is 1.31 bits per heavy atom. The third-order valence-electron chi connectivity index (χ3n) is 3.74. The molecule has 2 saturated heterocycles. The molecule has 0 aliphatic carbocycles. The van der Waals surface area contributed by atoms with Gasteiger partial charge in [0.05, 0.1) is 12.5 Å². The van der Waals surface area contributed by atoms with Crippen molar-refractivity contribution in [1.29, 1.82) is 0 Å². The topological polar surface area (TPSA) is 49.8 Å². The van der Waals surface area contributed by atoms with Gasteiger partial charge in [-0.15, -0.1) is 0 Å².